The normalized spacial score (nSPS) is 19.2. The lowest BCUT2D eigenvalue weighted by molar-refractivity contribution is -0.118. The maximum absolute atomic E-state index is 13.7. The molecule has 2 aliphatic rings. The Morgan fingerprint density at radius 2 is 1.71 bits per heavy atom. The summed E-state index contributed by atoms with van der Waals surface area (Å²) in [6.07, 6.45) is 0.880. The van der Waals surface area contributed by atoms with E-state index < -0.39 is 0 Å². The molecule has 0 radical (unpaired) electrons. The molecule has 5 rings (SSSR count). The van der Waals surface area contributed by atoms with E-state index in [-0.39, 0.29) is 29.7 Å². The molecular formula is C30H31ClFN3O3. The van der Waals surface area contributed by atoms with Crippen molar-refractivity contribution < 1.29 is 18.7 Å². The molecule has 1 saturated heterocycles. The van der Waals surface area contributed by atoms with Gasteiger partial charge in [-0.05, 0) is 80.1 Å². The van der Waals surface area contributed by atoms with Crippen LogP contribution in [0.3, 0.4) is 0 Å². The van der Waals surface area contributed by atoms with Crippen molar-refractivity contribution >= 4 is 40.5 Å². The summed E-state index contributed by atoms with van der Waals surface area (Å²) < 4.78 is 19.1. The average molecular weight is 536 g/mol. The molecule has 3 aromatic carbocycles. The van der Waals surface area contributed by atoms with E-state index >= 15 is 0 Å². The minimum Gasteiger partial charge on any atom is -0.378 e. The monoisotopic (exact) mass is 535 g/mol. The van der Waals surface area contributed by atoms with Crippen molar-refractivity contribution in [3.05, 3.63) is 88.7 Å². The Kier molecular flexibility index (Phi) is 7.68. The third kappa shape index (κ3) is 5.13. The zero-order valence-electron chi connectivity index (χ0n) is 21.6. The van der Waals surface area contributed by atoms with E-state index in [2.05, 4.69) is 11.0 Å². The Morgan fingerprint density at radius 3 is 2.37 bits per heavy atom. The molecule has 0 bridgehead atoms. The topological polar surface area (TPSA) is 53.1 Å². The lowest BCUT2D eigenvalue weighted by Gasteiger charge is -2.44. The Bertz CT molecular complexity index is 1310. The Labute approximate surface area is 227 Å². The highest BCUT2D eigenvalue weighted by atomic mass is 35.5. The summed E-state index contributed by atoms with van der Waals surface area (Å²) in [5.74, 6) is -0.595. The van der Waals surface area contributed by atoms with Crippen LogP contribution in [0, 0.1) is 5.82 Å². The van der Waals surface area contributed by atoms with Crippen LogP contribution in [-0.4, -0.2) is 44.2 Å². The van der Waals surface area contributed by atoms with Crippen molar-refractivity contribution in [3.8, 4) is 0 Å². The molecule has 198 valence electrons. The Balaban J connectivity index is 1.63. The van der Waals surface area contributed by atoms with Crippen LogP contribution in [0.25, 0.3) is 0 Å². The molecule has 0 N–H and O–H groups in total. The van der Waals surface area contributed by atoms with Crippen molar-refractivity contribution in [1.82, 2.24) is 0 Å². The van der Waals surface area contributed by atoms with Gasteiger partial charge in [0, 0.05) is 58.8 Å². The van der Waals surface area contributed by atoms with Crippen molar-refractivity contribution in [2.75, 3.05) is 41.0 Å². The number of anilines is 3. The number of carbonyl (C=O) groups is 2. The summed E-state index contributed by atoms with van der Waals surface area (Å²) in [6.45, 7) is 6.69. The standard InChI is InChI=1S/C30H31ClFN3O3/c1-3-29(36)35(24-10-6-22(31)7-11-24)28-18-20(2)34(30(37)21-4-8-23(32)9-5-21)27-13-12-25(19-26(27)28)33-14-16-38-17-15-33/h4-13,19-20,28H,3,14-18H2,1-2H3/t20-,28+/m0/s1. The predicted octanol–water partition coefficient (Wildman–Crippen LogP) is 6.24. The minimum absolute atomic E-state index is 0.00874. The number of fused-ring (bicyclic) bond motifs is 1. The fourth-order valence-electron chi connectivity index (χ4n) is 5.39. The third-order valence-electron chi connectivity index (χ3n) is 7.31. The van der Waals surface area contributed by atoms with Crippen LogP contribution in [0.2, 0.25) is 5.02 Å². The largest absolute Gasteiger partial charge is 0.378 e. The number of rotatable bonds is 5. The van der Waals surface area contributed by atoms with E-state index in [9.17, 15) is 14.0 Å². The fourth-order valence-corrected chi connectivity index (χ4v) is 5.52. The van der Waals surface area contributed by atoms with E-state index in [1.165, 1.54) is 24.3 Å². The van der Waals surface area contributed by atoms with Gasteiger partial charge in [0.2, 0.25) is 5.91 Å². The lowest BCUT2D eigenvalue weighted by Crippen LogP contribution is -2.48. The van der Waals surface area contributed by atoms with Crippen LogP contribution in [0.5, 0.6) is 0 Å². The highest BCUT2D eigenvalue weighted by molar-refractivity contribution is 6.30. The lowest BCUT2D eigenvalue weighted by atomic mass is 9.88. The summed E-state index contributed by atoms with van der Waals surface area (Å²) in [4.78, 5) is 33.0. The van der Waals surface area contributed by atoms with E-state index in [1.807, 2.05) is 43.0 Å². The fraction of sp³-hybridized carbons (Fsp3) is 0.333. The maximum Gasteiger partial charge on any atom is 0.258 e. The number of amides is 2. The summed E-state index contributed by atoms with van der Waals surface area (Å²) >= 11 is 6.16. The van der Waals surface area contributed by atoms with Crippen LogP contribution in [-0.2, 0) is 9.53 Å². The first-order chi connectivity index (χ1) is 18.4. The van der Waals surface area contributed by atoms with Crippen molar-refractivity contribution in [1.29, 1.82) is 0 Å². The molecule has 0 unspecified atom stereocenters. The number of morpholine rings is 1. The Hall–Kier alpha value is -3.42. The van der Waals surface area contributed by atoms with Gasteiger partial charge in [0.05, 0.1) is 19.3 Å². The summed E-state index contributed by atoms with van der Waals surface area (Å²) in [5.41, 5.74) is 3.86. The third-order valence-corrected chi connectivity index (χ3v) is 7.56. The number of nitrogens with zero attached hydrogens (tertiary/aromatic N) is 3. The van der Waals surface area contributed by atoms with Gasteiger partial charge in [0.1, 0.15) is 5.82 Å². The summed E-state index contributed by atoms with van der Waals surface area (Å²) in [5, 5.41) is 0.598. The van der Waals surface area contributed by atoms with Gasteiger partial charge in [-0.1, -0.05) is 18.5 Å². The smallest absolute Gasteiger partial charge is 0.258 e. The molecule has 6 nitrogen and oxygen atoms in total. The first-order valence-electron chi connectivity index (χ1n) is 13.0. The molecule has 8 heteroatoms. The minimum atomic E-state index is -0.388. The van der Waals surface area contributed by atoms with Crippen LogP contribution in [0.4, 0.5) is 21.5 Å². The highest BCUT2D eigenvalue weighted by Crippen LogP contribution is 2.44. The molecule has 3 aromatic rings. The van der Waals surface area contributed by atoms with Crippen LogP contribution < -0.4 is 14.7 Å². The van der Waals surface area contributed by atoms with Crippen molar-refractivity contribution in [3.63, 3.8) is 0 Å². The second-order valence-electron chi connectivity index (χ2n) is 9.72. The van der Waals surface area contributed by atoms with Gasteiger partial charge >= 0.3 is 0 Å². The summed E-state index contributed by atoms with van der Waals surface area (Å²) in [6, 6.07) is 18.5. The van der Waals surface area contributed by atoms with E-state index in [0.717, 1.165) is 35.7 Å². The van der Waals surface area contributed by atoms with Gasteiger partial charge in [0.25, 0.3) is 5.91 Å². The average Bonchev–Trinajstić information content (AvgIpc) is 2.94. The zero-order valence-corrected chi connectivity index (χ0v) is 22.3. The van der Waals surface area contributed by atoms with Gasteiger partial charge < -0.3 is 19.4 Å². The first kappa shape index (κ1) is 26.2. The second kappa shape index (κ2) is 11.1. The molecule has 0 spiro atoms. The predicted molar refractivity (Wildman–Crippen MR) is 149 cm³/mol. The number of ether oxygens (including phenoxy) is 1. The number of hydrogen-bond acceptors (Lipinski definition) is 4. The van der Waals surface area contributed by atoms with E-state index in [0.29, 0.717) is 36.6 Å². The molecule has 1 fully saturated rings. The number of carbonyl (C=O) groups excluding carboxylic acids is 2. The quantitative estimate of drug-likeness (QED) is 0.388. The second-order valence-corrected chi connectivity index (χ2v) is 10.2. The SMILES string of the molecule is CCC(=O)N(c1ccc(Cl)cc1)[C@@H]1C[C@H](C)N(C(=O)c2ccc(F)cc2)c2ccc(N3CCOCC3)cc21. The van der Waals surface area contributed by atoms with Crippen LogP contribution >= 0.6 is 11.6 Å². The number of benzene rings is 3. The maximum atomic E-state index is 13.7. The summed E-state index contributed by atoms with van der Waals surface area (Å²) in [7, 11) is 0. The van der Waals surface area contributed by atoms with Crippen molar-refractivity contribution in [2.24, 2.45) is 0 Å². The first-order valence-corrected chi connectivity index (χ1v) is 13.4. The molecule has 0 saturated carbocycles. The molecular weight excluding hydrogens is 505 g/mol. The van der Waals surface area contributed by atoms with Gasteiger partial charge in [-0.25, -0.2) is 4.39 Å². The Morgan fingerprint density at radius 1 is 1.03 bits per heavy atom. The number of halogens is 2. The molecule has 2 atom stereocenters. The van der Waals surface area contributed by atoms with E-state index in [4.69, 9.17) is 16.3 Å². The molecule has 38 heavy (non-hydrogen) atoms. The highest BCUT2D eigenvalue weighted by Gasteiger charge is 2.39. The van der Waals surface area contributed by atoms with E-state index in [1.54, 1.807) is 17.0 Å². The van der Waals surface area contributed by atoms with Crippen LogP contribution in [0.1, 0.15) is 48.7 Å². The van der Waals surface area contributed by atoms with Gasteiger partial charge in [-0.15, -0.1) is 0 Å². The zero-order chi connectivity index (χ0) is 26.8. The van der Waals surface area contributed by atoms with Gasteiger partial charge in [-0.2, -0.15) is 0 Å². The van der Waals surface area contributed by atoms with Gasteiger partial charge in [0.15, 0.2) is 0 Å². The molecule has 2 amide bonds. The molecule has 2 aliphatic heterocycles. The van der Waals surface area contributed by atoms with Gasteiger partial charge in [-0.3, -0.25) is 9.59 Å². The number of hydrogen-bond donors (Lipinski definition) is 0. The molecule has 2 heterocycles. The van der Waals surface area contributed by atoms with Crippen molar-refractivity contribution in [2.45, 2.75) is 38.8 Å². The van der Waals surface area contributed by atoms with Crippen LogP contribution in [0.15, 0.2) is 66.7 Å². The molecule has 0 aromatic heterocycles. The molecule has 0 aliphatic carbocycles.